The zero-order chi connectivity index (χ0) is 16.7. The van der Waals surface area contributed by atoms with Crippen LogP contribution in [-0.4, -0.2) is 56.2 Å². The maximum absolute atomic E-state index is 5.73. The summed E-state index contributed by atoms with van der Waals surface area (Å²) in [6, 6.07) is 6.35. The molecule has 1 unspecified atom stereocenters. The summed E-state index contributed by atoms with van der Waals surface area (Å²) in [4.78, 5) is 4.97. The van der Waals surface area contributed by atoms with Crippen LogP contribution in [0.5, 0.6) is 11.5 Å². The molecule has 1 atom stereocenters. The van der Waals surface area contributed by atoms with E-state index in [1.54, 1.807) is 0 Å². The molecule has 130 valence electrons. The highest BCUT2D eigenvalue weighted by Crippen LogP contribution is 2.29. The van der Waals surface area contributed by atoms with Gasteiger partial charge in [0.1, 0.15) is 0 Å². The van der Waals surface area contributed by atoms with Gasteiger partial charge in [-0.3, -0.25) is 4.90 Å². The van der Waals surface area contributed by atoms with Crippen molar-refractivity contribution in [2.24, 2.45) is 5.92 Å². The van der Waals surface area contributed by atoms with Crippen LogP contribution in [0, 0.1) is 5.92 Å². The summed E-state index contributed by atoms with van der Waals surface area (Å²) in [5.41, 5.74) is 1.31. The molecule has 1 fully saturated rings. The van der Waals surface area contributed by atoms with Gasteiger partial charge in [0.05, 0.1) is 13.2 Å². The molecule has 1 heterocycles. The Morgan fingerprint density at radius 2 is 1.87 bits per heavy atom. The highest BCUT2D eigenvalue weighted by Gasteiger charge is 2.23. The Labute approximate surface area is 141 Å². The first kappa shape index (κ1) is 18.1. The van der Waals surface area contributed by atoms with Crippen LogP contribution in [0.4, 0.5) is 0 Å². The van der Waals surface area contributed by atoms with Gasteiger partial charge in [0.2, 0.25) is 0 Å². The minimum Gasteiger partial charge on any atom is -0.490 e. The first-order valence-corrected chi connectivity index (χ1v) is 8.95. The maximum atomic E-state index is 5.73. The van der Waals surface area contributed by atoms with Gasteiger partial charge in [-0.2, -0.15) is 0 Å². The van der Waals surface area contributed by atoms with Crippen LogP contribution in [0.25, 0.3) is 0 Å². The molecule has 2 rings (SSSR count). The summed E-state index contributed by atoms with van der Waals surface area (Å²) in [5.74, 6) is 2.52. The summed E-state index contributed by atoms with van der Waals surface area (Å²) < 4.78 is 11.4. The van der Waals surface area contributed by atoms with E-state index in [-0.39, 0.29) is 0 Å². The Bertz CT molecular complexity index is 478. The van der Waals surface area contributed by atoms with Crippen molar-refractivity contribution in [3.8, 4) is 11.5 Å². The third-order valence-corrected chi connectivity index (χ3v) is 4.49. The molecule has 0 aliphatic carbocycles. The molecule has 0 spiro atoms. The fourth-order valence-electron chi connectivity index (χ4n) is 3.23. The molecule has 0 bridgehead atoms. The molecule has 1 aliphatic rings. The van der Waals surface area contributed by atoms with Crippen molar-refractivity contribution in [2.75, 3.05) is 46.4 Å². The molecule has 4 heteroatoms. The van der Waals surface area contributed by atoms with Crippen molar-refractivity contribution in [3.63, 3.8) is 0 Å². The van der Waals surface area contributed by atoms with Gasteiger partial charge >= 0.3 is 0 Å². The van der Waals surface area contributed by atoms with Crippen LogP contribution < -0.4 is 9.47 Å². The van der Waals surface area contributed by atoms with Crippen LogP contribution in [-0.2, 0) is 6.54 Å². The van der Waals surface area contributed by atoms with Gasteiger partial charge in [-0.05, 0) is 64.0 Å². The first-order valence-electron chi connectivity index (χ1n) is 8.95. The van der Waals surface area contributed by atoms with Crippen molar-refractivity contribution in [1.82, 2.24) is 9.80 Å². The minimum atomic E-state index is 0.665. The number of likely N-dealkylation sites (tertiary alicyclic amines) is 1. The molecule has 1 aromatic carbocycles. The van der Waals surface area contributed by atoms with Crippen molar-refractivity contribution in [2.45, 2.75) is 33.7 Å². The molecule has 1 aliphatic heterocycles. The van der Waals surface area contributed by atoms with Crippen LogP contribution >= 0.6 is 0 Å². The highest BCUT2D eigenvalue weighted by molar-refractivity contribution is 5.43. The van der Waals surface area contributed by atoms with Gasteiger partial charge < -0.3 is 14.4 Å². The molecule has 1 aromatic rings. The van der Waals surface area contributed by atoms with E-state index >= 15 is 0 Å². The third-order valence-electron chi connectivity index (χ3n) is 4.49. The monoisotopic (exact) mass is 320 g/mol. The molecule has 0 aromatic heterocycles. The van der Waals surface area contributed by atoms with E-state index in [1.807, 2.05) is 19.9 Å². The van der Waals surface area contributed by atoms with E-state index in [1.165, 1.54) is 31.6 Å². The van der Waals surface area contributed by atoms with Gasteiger partial charge in [0.15, 0.2) is 11.5 Å². The van der Waals surface area contributed by atoms with Gasteiger partial charge in [-0.1, -0.05) is 13.0 Å². The zero-order valence-corrected chi connectivity index (χ0v) is 15.2. The Balaban J connectivity index is 1.94. The van der Waals surface area contributed by atoms with Crippen molar-refractivity contribution >= 4 is 0 Å². The summed E-state index contributed by atoms with van der Waals surface area (Å²) in [5, 5.41) is 0. The number of hydrogen-bond donors (Lipinski definition) is 0. The minimum absolute atomic E-state index is 0.665. The van der Waals surface area contributed by atoms with E-state index in [0.717, 1.165) is 30.5 Å². The predicted molar refractivity (Wildman–Crippen MR) is 95.3 cm³/mol. The normalized spacial score (nSPS) is 18.6. The first-order chi connectivity index (χ1) is 11.2. The van der Waals surface area contributed by atoms with E-state index in [2.05, 4.69) is 35.9 Å². The second-order valence-corrected chi connectivity index (χ2v) is 6.39. The van der Waals surface area contributed by atoms with Crippen molar-refractivity contribution in [1.29, 1.82) is 0 Å². The molecule has 0 radical (unpaired) electrons. The van der Waals surface area contributed by atoms with Crippen molar-refractivity contribution in [3.05, 3.63) is 23.8 Å². The summed E-state index contributed by atoms with van der Waals surface area (Å²) in [7, 11) is 2.21. The van der Waals surface area contributed by atoms with E-state index in [4.69, 9.17) is 9.47 Å². The second-order valence-electron chi connectivity index (χ2n) is 6.39. The lowest BCUT2D eigenvalue weighted by Crippen LogP contribution is -2.28. The smallest absolute Gasteiger partial charge is 0.161 e. The standard InChI is InChI=1S/C19H32N2O2/c1-5-20(4)13-17-10-11-21(15-17)14-16-8-9-18(22-6-2)19(12-16)23-7-3/h8-9,12,17H,5-7,10-11,13-15H2,1-4H3. The van der Waals surface area contributed by atoms with E-state index < -0.39 is 0 Å². The molecule has 23 heavy (non-hydrogen) atoms. The number of hydrogen-bond acceptors (Lipinski definition) is 4. The predicted octanol–water partition coefficient (Wildman–Crippen LogP) is 3.26. The van der Waals surface area contributed by atoms with Gasteiger partial charge in [0, 0.05) is 19.6 Å². The van der Waals surface area contributed by atoms with Crippen LogP contribution in [0.2, 0.25) is 0 Å². The van der Waals surface area contributed by atoms with Gasteiger partial charge in [0.25, 0.3) is 0 Å². The van der Waals surface area contributed by atoms with Gasteiger partial charge in [-0.15, -0.1) is 0 Å². The topological polar surface area (TPSA) is 24.9 Å². The van der Waals surface area contributed by atoms with Crippen LogP contribution in [0.15, 0.2) is 18.2 Å². The molecular weight excluding hydrogens is 288 g/mol. The largest absolute Gasteiger partial charge is 0.490 e. The van der Waals surface area contributed by atoms with E-state index in [9.17, 15) is 0 Å². The Hall–Kier alpha value is -1.26. The fourth-order valence-corrected chi connectivity index (χ4v) is 3.23. The Morgan fingerprint density at radius 1 is 1.13 bits per heavy atom. The molecule has 0 saturated carbocycles. The van der Waals surface area contributed by atoms with Gasteiger partial charge in [-0.25, -0.2) is 0 Å². The zero-order valence-electron chi connectivity index (χ0n) is 15.2. The average Bonchev–Trinajstić information content (AvgIpc) is 2.97. The molecule has 4 nitrogen and oxygen atoms in total. The SMILES string of the molecule is CCOc1ccc(CN2CCC(CN(C)CC)C2)cc1OCC. The third kappa shape index (κ3) is 5.40. The van der Waals surface area contributed by atoms with Crippen molar-refractivity contribution < 1.29 is 9.47 Å². The van der Waals surface area contributed by atoms with E-state index in [0.29, 0.717) is 13.2 Å². The van der Waals surface area contributed by atoms with Crippen LogP contribution in [0.1, 0.15) is 32.8 Å². The highest BCUT2D eigenvalue weighted by atomic mass is 16.5. The molecule has 0 amide bonds. The number of rotatable bonds is 9. The Kier molecular flexibility index (Phi) is 7.18. The lowest BCUT2D eigenvalue weighted by atomic mass is 10.1. The number of ether oxygens (including phenoxy) is 2. The molecular formula is C19H32N2O2. The molecule has 1 saturated heterocycles. The summed E-state index contributed by atoms with van der Waals surface area (Å²) in [6.45, 7) is 13.3. The summed E-state index contributed by atoms with van der Waals surface area (Å²) >= 11 is 0. The maximum Gasteiger partial charge on any atom is 0.161 e. The number of benzene rings is 1. The Morgan fingerprint density at radius 3 is 2.57 bits per heavy atom. The summed E-state index contributed by atoms with van der Waals surface area (Å²) in [6.07, 6.45) is 1.31. The second kappa shape index (κ2) is 9.14. The van der Waals surface area contributed by atoms with Crippen LogP contribution in [0.3, 0.4) is 0 Å². The lowest BCUT2D eigenvalue weighted by molar-refractivity contribution is 0.266. The average molecular weight is 320 g/mol. The molecule has 0 N–H and O–H groups in total. The lowest BCUT2D eigenvalue weighted by Gasteiger charge is -2.20. The quantitative estimate of drug-likeness (QED) is 0.697. The fraction of sp³-hybridized carbons (Fsp3) is 0.684. The number of nitrogens with zero attached hydrogens (tertiary/aromatic N) is 2.